The van der Waals surface area contributed by atoms with Crippen LogP contribution in [0.3, 0.4) is 0 Å². The van der Waals surface area contributed by atoms with Crippen molar-refractivity contribution in [1.82, 2.24) is 4.90 Å². The Hall–Kier alpha value is -1.31. The Balaban J connectivity index is 2.23. The van der Waals surface area contributed by atoms with Gasteiger partial charge in [-0.25, -0.2) is 0 Å². The summed E-state index contributed by atoms with van der Waals surface area (Å²) in [7, 11) is 1.96. The number of benzene rings is 1. The summed E-state index contributed by atoms with van der Waals surface area (Å²) in [6.45, 7) is 2.10. The van der Waals surface area contributed by atoms with Gasteiger partial charge < -0.3 is 4.90 Å². The molecule has 1 heterocycles. The molecule has 2 nitrogen and oxygen atoms in total. The van der Waals surface area contributed by atoms with Crippen LogP contribution >= 0.6 is 0 Å². The minimum atomic E-state index is 0.0262. The van der Waals surface area contributed by atoms with Gasteiger partial charge in [-0.3, -0.25) is 4.79 Å². The van der Waals surface area contributed by atoms with E-state index in [0.29, 0.717) is 0 Å². The summed E-state index contributed by atoms with van der Waals surface area (Å²) in [5, 5.41) is 0. The molecular formula is C14H17NO. The van der Waals surface area contributed by atoms with Crippen LogP contribution in [-0.2, 0) is 5.54 Å². The van der Waals surface area contributed by atoms with Gasteiger partial charge >= 0.3 is 0 Å². The molecule has 1 aliphatic carbocycles. The highest BCUT2D eigenvalue weighted by atomic mass is 16.2. The third-order valence-corrected chi connectivity index (χ3v) is 4.28. The van der Waals surface area contributed by atoms with Crippen LogP contribution in [0.15, 0.2) is 18.2 Å². The fourth-order valence-corrected chi connectivity index (χ4v) is 3.35. The van der Waals surface area contributed by atoms with Gasteiger partial charge in [0.15, 0.2) is 0 Å². The molecule has 2 aliphatic rings. The van der Waals surface area contributed by atoms with Crippen LogP contribution in [0, 0.1) is 6.92 Å². The maximum Gasteiger partial charge on any atom is 0.254 e. The Bertz CT molecular complexity index is 458. The van der Waals surface area contributed by atoms with Gasteiger partial charge in [-0.1, -0.05) is 30.5 Å². The zero-order valence-electron chi connectivity index (χ0n) is 9.92. The van der Waals surface area contributed by atoms with E-state index in [1.54, 1.807) is 0 Å². The first-order chi connectivity index (χ1) is 7.65. The molecule has 1 aromatic rings. The van der Waals surface area contributed by atoms with Gasteiger partial charge in [0.1, 0.15) is 0 Å². The number of amides is 1. The molecule has 3 rings (SSSR count). The fourth-order valence-electron chi connectivity index (χ4n) is 3.35. The van der Waals surface area contributed by atoms with E-state index in [0.717, 1.165) is 18.4 Å². The highest BCUT2D eigenvalue weighted by molar-refractivity contribution is 6.00. The fraction of sp³-hybridized carbons (Fsp3) is 0.500. The van der Waals surface area contributed by atoms with Crippen molar-refractivity contribution in [3.8, 4) is 0 Å². The molecule has 0 aromatic heterocycles. The molecule has 0 unspecified atom stereocenters. The van der Waals surface area contributed by atoms with E-state index in [2.05, 4.69) is 13.0 Å². The van der Waals surface area contributed by atoms with Crippen LogP contribution in [0.25, 0.3) is 0 Å². The predicted octanol–water partition coefficient (Wildman–Crippen LogP) is 2.85. The molecule has 1 aliphatic heterocycles. The Morgan fingerprint density at radius 1 is 1.25 bits per heavy atom. The first-order valence-electron chi connectivity index (χ1n) is 6.04. The maximum atomic E-state index is 12.2. The van der Waals surface area contributed by atoms with Crippen LogP contribution in [0.5, 0.6) is 0 Å². The van der Waals surface area contributed by atoms with Crippen LogP contribution in [-0.4, -0.2) is 17.9 Å². The smallest absolute Gasteiger partial charge is 0.254 e. The van der Waals surface area contributed by atoms with Gasteiger partial charge in [0, 0.05) is 12.6 Å². The van der Waals surface area contributed by atoms with Crippen molar-refractivity contribution in [3.05, 3.63) is 34.9 Å². The molecule has 2 heteroatoms. The third kappa shape index (κ3) is 1.05. The van der Waals surface area contributed by atoms with Gasteiger partial charge in [0.2, 0.25) is 0 Å². The molecule has 0 radical (unpaired) electrons. The van der Waals surface area contributed by atoms with Crippen LogP contribution in [0.1, 0.15) is 47.2 Å². The molecule has 1 amide bonds. The molecule has 0 atom stereocenters. The number of rotatable bonds is 0. The van der Waals surface area contributed by atoms with E-state index in [4.69, 9.17) is 0 Å². The second-order valence-electron chi connectivity index (χ2n) is 5.15. The summed E-state index contributed by atoms with van der Waals surface area (Å²) < 4.78 is 0. The summed E-state index contributed by atoms with van der Waals surface area (Å²) in [4.78, 5) is 14.2. The van der Waals surface area contributed by atoms with E-state index >= 15 is 0 Å². The standard InChI is InChI=1S/C14H17NO/c1-10-5-6-11-12(9-10)14(7-3-4-8-14)15(2)13(11)16/h5-6,9H,3-4,7-8H2,1-2H3. The molecular weight excluding hydrogens is 198 g/mol. The molecule has 1 spiro atoms. The number of hydrogen-bond acceptors (Lipinski definition) is 1. The maximum absolute atomic E-state index is 12.2. The Labute approximate surface area is 96.3 Å². The van der Waals surface area contributed by atoms with Crippen molar-refractivity contribution in [3.63, 3.8) is 0 Å². The Morgan fingerprint density at radius 2 is 1.94 bits per heavy atom. The summed E-state index contributed by atoms with van der Waals surface area (Å²) in [6, 6.07) is 6.25. The minimum absolute atomic E-state index is 0.0262. The molecule has 0 N–H and O–H groups in total. The van der Waals surface area contributed by atoms with E-state index in [1.165, 1.54) is 24.0 Å². The molecule has 1 saturated carbocycles. The number of fused-ring (bicyclic) bond motifs is 2. The zero-order valence-corrected chi connectivity index (χ0v) is 9.92. The number of carbonyl (C=O) groups is 1. The van der Waals surface area contributed by atoms with E-state index in [9.17, 15) is 4.79 Å². The summed E-state index contributed by atoms with van der Waals surface area (Å²) >= 11 is 0. The number of aryl methyl sites for hydroxylation is 1. The Kier molecular flexibility index (Phi) is 1.91. The van der Waals surface area contributed by atoms with E-state index in [-0.39, 0.29) is 11.4 Å². The second kappa shape index (κ2) is 3.09. The van der Waals surface area contributed by atoms with Gasteiger partial charge in [-0.2, -0.15) is 0 Å². The molecule has 0 bridgehead atoms. The van der Waals surface area contributed by atoms with Crippen molar-refractivity contribution in [1.29, 1.82) is 0 Å². The molecule has 1 fully saturated rings. The largest absolute Gasteiger partial charge is 0.332 e. The monoisotopic (exact) mass is 215 g/mol. The topological polar surface area (TPSA) is 20.3 Å². The van der Waals surface area contributed by atoms with E-state index < -0.39 is 0 Å². The summed E-state index contributed by atoms with van der Waals surface area (Å²) in [5.41, 5.74) is 3.49. The lowest BCUT2D eigenvalue weighted by Crippen LogP contribution is -2.38. The van der Waals surface area contributed by atoms with Crippen molar-refractivity contribution >= 4 is 5.91 Å². The van der Waals surface area contributed by atoms with Crippen molar-refractivity contribution in [2.75, 3.05) is 7.05 Å². The van der Waals surface area contributed by atoms with Crippen molar-refractivity contribution in [2.45, 2.75) is 38.1 Å². The molecule has 1 aromatic carbocycles. The van der Waals surface area contributed by atoms with Crippen LogP contribution in [0.2, 0.25) is 0 Å². The third-order valence-electron chi connectivity index (χ3n) is 4.28. The average molecular weight is 215 g/mol. The summed E-state index contributed by atoms with van der Waals surface area (Å²) in [5.74, 6) is 0.205. The normalized spacial score (nSPS) is 21.9. The first kappa shape index (κ1) is 9.88. The van der Waals surface area contributed by atoms with Crippen LogP contribution in [0.4, 0.5) is 0 Å². The van der Waals surface area contributed by atoms with Gasteiger partial charge in [0.05, 0.1) is 5.54 Å². The van der Waals surface area contributed by atoms with Gasteiger partial charge in [0.25, 0.3) is 5.91 Å². The molecule has 0 saturated heterocycles. The number of hydrogen-bond donors (Lipinski definition) is 0. The van der Waals surface area contributed by atoms with Gasteiger partial charge in [-0.05, 0) is 31.4 Å². The number of carbonyl (C=O) groups excluding carboxylic acids is 1. The Morgan fingerprint density at radius 3 is 2.62 bits per heavy atom. The van der Waals surface area contributed by atoms with Gasteiger partial charge in [-0.15, -0.1) is 0 Å². The lowest BCUT2D eigenvalue weighted by molar-refractivity contribution is 0.0642. The lowest BCUT2D eigenvalue weighted by atomic mass is 9.87. The molecule has 84 valence electrons. The van der Waals surface area contributed by atoms with E-state index in [1.807, 2.05) is 24.1 Å². The van der Waals surface area contributed by atoms with Crippen molar-refractivity contribution in [2.24, 2.45) is 0 Å². The second-order valence-corrected chi connectivity index (χ2v) is 5.15. The number of nitrogens with zero attached hydrogens (tertiary/aromatic N) is 1. The van der Waals surface area contributed by atoms with Crippen LogP contribution < -0.4 is 0 Å². The first-order valence-corrected chi connectivity index (χ1v) is 6.04. The average Bonchev–Trinajstić information content (AvgIpc) is 2.83. The highest BCUT2D eigenvalue weighted by Gasteiger charge is 2.48. The lowest BCUT2D eigenvalue weighted by Gasteiger charge is -2.33. The zero-order chi connectivity index (χ0) is 11.3. The predicted molar refractivity (Wildman–Crippen MR) is 63.4 cm³/mol. The molecule has 16 heavy (non-hydrogen) atoms. The highest BCUT2D eigenvalue weighted by Crippen LogP contribution is 2.49. The minimum Gasteiger partial charge on any atom is -0.332 e. The van der Waals surface area contributed by atoms with Crippen molar-refractivity contribution < 1.29 is 4.79 Å². The SMILES string of the molecule is Cc1ccc2c(c1)C1(CCCC1)N(C)C2=O. The quantitative estimate of drug-likeness (QED) is 0.651. The summed E-state index contributed by atoms with van der Waals surface area (Å²) in [6.07, 6.45) is 4.74.